The van der Waals surface area contributed by atoms with Crippen molar-refractivity contribution >= 4 is 58.3 Å². The van der Waals surface area contributed by atoms with Crippen LogP contribution in [-0.2, 0) is 19.9 Å². The van der Waals surface area contributed by atoms with Crippen molar-refractivity contribution in [1.82, 2.24) is 0 Å². The van der Waals surface area contributed by atoms with Gasteiger partial charge in [-0.15, -0.1) is 0 Å². The number of carbonyl (C=O) groups is 2. The van der Waals surface area contributed by atoms with Gasteiger partial charge >= 0.3 is 11.9 Å². The van der Waals surface area contributed by atoms with Gasteiger partial charge in [-0.3, -0.25) is 9.78 Å². The highest BCUT2D eigenvalue weighted by molar-refractivity contribution is 6.37. The average molecular weight is 412 g/mol. The van der Waals surface area contributed by atoms with Crippen molar-refractivity contribution in [2.24, 2.45) is 0 Å². The number of carbonyl (C=O) groups excluding carboxylic acids is 2. The number of benzene rings is 2. The molecule has 6 nitrogen and oxygen atoms in total. The van der Waals surface area contributed by atoms with Crippen LogP contribution >= 0.6 is 46.4 Å². The van der Waals surface area contributed by atoms with E-state index in [-0.39, 0.29) is 21.2 Å². The third-order valence-electron chi connectivity index (χ3n) is 2.55. The van der Waals surface area contributed by atoms with Crippen molar-refractivity contribution in [2.75, 3.05) is 0 Å². The van der Waals surface area contributed by atoms with E-state index in [0.29, 0.717) is 10.0 Å². The third-order valence-corrected chi connectivity index (χ3v) is 3.64. The molecule has 0 fully saturated rings. The molecule has 0 atom stereocenters. The Kier molecular flexibility index (Phi) is 6.68. The fourth-order valence-corrected chi connectivity index (χ4v) is 2.46. The van der Waals surface area contributed by atoms with Crippen LogP contribution in [0.25, 0.3) is 0 Å². The molecule has 2 aromatic rings. The van der Waals surface area contributed by atoms with E-state index in [1.807, 2.05) is 0 Å². The van der Waals surface area contributed by atoms with Crippen LogP contribution in [0.5, 0.6) is 0 Å². The van der Waals surface area contributed by atoms with Gasteiger partial charge in [-0.25, -0.2) is 9.59 Å². The van der Waals surface area contributed by atoms with E-state index in [0.717, 1.165) is 0 Å². The van der Waals surface area contributed by atoms with Crippen molar-refractivity contribution < 1.29 is 29.4 Å². The number of rotatable bonds is 5. The normalized spacial score (nSPS) is 10.3. The SMILES string of the molecule is O=C(OOOOC(=O)c1ccc(Cl)cc1Cl)c1ccc(Cl)cc1Cl. The maximum Gasteiger partial charge on any atom is 0.378 e. The quantitative estimate of drug-likeness (QED) is 0.387. The van der Waals surface area contributed by atoms with Crippen LogP contribution in [-0.4, -0.2) is 11.9 Å². The molecule has 2 rings (SSSR count). The molecule has 0 aliphatic heterocycles. The molecule has 0 N–H and O–H groups in total. The lowest BCUT2D eigenvalue weighted by Crippen LogP contribution is -2.11. The van der Waals surface area contributed by atoms with Gasteiger partial charge < -0.3 is 0 Å². The second kappa shape index (κ2) is 8.53. The Hall–Kier alpha value is -1.54. The first-order chi connectivity index (χ1) is 11.4. The highest BCUT2D eigenvalue weighted by Crippen LogP contribution is 2.23. The van der Waals surface area contributed by atoms with Crippen LogP contribution in [0.4, 0.5) is 0 Å². The largest absolute Gasteiger partial charge is 0.378 e. The van der Waals surface area contributed by atoms with E-state index in [2.05, 4.69) is 19.9 Å². The lowest BCUT2D eigenvalue weighted by atomic mass is 10.2. The molecule has 0 saturated heterocycles. The monoisotopic (exact) mass is 410 g/mol. The minimum Gasteiger partial charge on any atom is -0.260 e. The number of hydrogen-bond donors (Lipinski definition) is 0. The van der Waals surface area contributed by atoms with Gasteiger partial charge in [0.15, 0.2) is 0 Å². The highest BCUT2D eigenvalue weighted by Gasteiger charge is 2.17. The fourth-order valence-electron chi connectivity index (χ4n) is 1.49. The minimum absolute atomic E-state index is 0.0308. The topological polar surface area (TPSA) is 71.1 Å². The second-order valence-corrected chi connectivity index (χ2v) is 5.81. The predicted octanol–water partition coefficient (Wildman–Crippen LogP) is 5.09. The lowest BCUT2D eigenvalue weighted by molar-refractivity contribution is -0.595. The molecule has 0 saturated carbocycles. The molecule has 0 aliphatic carbocycles. The molecular formula is C14H6Cl4O6. The summed E-state index contributed by atoms with van der Waals surface area (Å²) in [5.74, 6) is -1.98. The van der Waals surface area contributed by atoms with Gasteiger partial charge in [0.2, 0.25) is 0 Å². The van der Waals surface area contributed by atoms with E-state index in [9.17, 15) is 9.59 Å². The molecular weight excluding hydrogens is 406 g/mol. The van der Waals surface area contributed by atoms with Gasteiger partial charge in [0.05, 0.1) is 21.2 Å². The van der Waals surface area contributed by atoms with E-state index in [1.54, 1.807) is 0 Å². The van der Waals surface area contributed by atoms with Gasteiger partial charge in [-0.05, 0) is 36.4 Å². The second-order valence-electron chi connectivity index (χ2n) is 4.13. The van der Waals surface area contributed by atoms with Gasteiger partial charge in [-0.1, -0.05) is 46.4 Å². The van der Waals surface area contributed by atoms with E-state index >= 15 is 0 Å². The Morgan fingerprint density at radius 1 is 0.667 bits per heavy atom. The summed E-state index contributed by atoms with van der Waals surface area (Å²) in [5.41, 5.74) is -0.0616. The Labute approximate surface area is 155 Å². The van der Waals surface area contributed by atoms with Gasteiger partial charge in [0, 0.05) is 20.1 Å². The molecule has 0 radical (unpaired) electrons. The van der Waals surface area contributed by atoms with E-state index < -0.39 is 11.9 Å². The molecule has 126 valence electrons. The number of hydrogen-bond acceptors (Lipinski definition) is 6. The molecule has 0 bridgehead atoms. The van der Waals surface area contributed by atoms with Crippen molar-refractivity contribution in [3.05, 3.63) is 67.6 Å². The van der Waals surface area contributed by atoms with Crippen molar-refractivity contribution in [3.8, 4) is 0 Å². The summed E-state index contributed by atoms with van der Waals surface area (Å²) in [6.07, 6.45) is 0. The molecule has 2 aromatic carbocycles. The maximum absolute atomic E-state index is 11.7. The molecule has 10 heteroatoms. The Balaban J connectivity index is 1.84. The van der Waals surface area contributed by atoms with Gasteiger partial charge in [-0.2, -0.15) is 0 Å². The van der Waals surface area contributed by atoms with E-state index in [1.165, 1.54) is 36.4 Å². The van der Waals surface area contributed by atoms with Crippen LogP contribution < -0.4 is 0 Å². The van der Waals surface area contributed by atoms with Crippen molar-refractivity contribution in [3.63, 3.8) is 0 Å². The molecule has 0 heterocycles. The zero-order valence-electron chi connectivity index (χ0n) is 11.4. The summed E-state index contributed by atoms with van der Waals surface area (Å²) in [5, 5.41) is 8.83. The summed E-state index contributed by atoms with van der Waals surface area (Å²) in [6.45, 7) is 0. The Bertz CT molecular complexity index is 714. The molecule has 0 aromatic heterocycles. The Morgan fingerprint density at radius 2 is 1.04 bits per heavy atom. The van der Waals surface area contributed by atoms with Crippen molar-refractivity contribution in [1.29, 1.82) is 0 Å². The maximum atomic E-state index is 11.7. The lowest BCUT2D eigenvalue weighted by Gasteiger charge is -2.05. The first-order valence-electron chi connectivity index (χ1n) is 6.05. The van der Waals surface area contributed by atoms with Crippen LogP contribution in [0.15, 0.2) is 36.4 Å². The van der Waals surface area contributed by atoms with Gasteiger partial charge in [0.1, 0.15) is 0 Å². The van der Waals surface area contributed by atoms with E-state index in [4.69, 9.17) is 46.4 Å². The number of halogens is 4. The molecule has 0 amide bonds. The first kappa shape index (κ1) is 18.8. The summed E-state index contributed by atoms with van der Waals surface area (Å²) in [4.78, 5) is 31.8. The molecule has 0 aliphatic rings. The molecule has 0 unspecified atom stereocenters. The minimum atomic E-state index is -0.989. The zero-order valence-corrected chi connectivity index (χ0v) is 14.4. The van der Waals surface area contributed by atoms with Crippen LogP contribution in [0.3, 0.4) is 0 Å². The van der Waals surface area contributed by atoms with Gasteiger partial charge in [0.25, 0.3) is 0 Å². The van der Waals surface area contributed by atoms with Crippen LogP contribution in [0.1, 0.15) is 20.7 Å². The summed E-state index contributed by atoms with van der Waals surface area (Å²) >= 11 is 23.0. The zero-order chi connectivity index (χ0) is 17.7. The first-order valence-corrected chi connectivity index (χ1v) is 7.56. The molecule has 0 spiro atoms. The van der Waals surface area contributed by atoms with Crippen LogP contribution in [0, 0.1) is 0 Å². The predicted molar refractivity (Wildman–Crippen MR) is 85.9 cm³/mol. The highest BCUT2D eigenvalue weighted by atomic mass is 35.5. The van der Waals surface area contributed by atoms with Crippen LogP contribution in [0.2, 0.25) is 20.1 Å². The summed E-state index contributed by atoms with van der Waals surface area (Å²) < 4.78 is 0. The summed E-state index contributed by atoms with van der Waals surface area (Å²) in [6, 6.07) is 8.15. The average Bonchev–Trinajstić information content (AvgIpc) is 2.51. The smallest absolute Gasteiger partial charge is 0.260 e. The Morgan fingerprint density at radius 3 is 1.38 bits per heavy atom. The fraction of sp³-hybridized carbons (Fsp3) is 0. The molecule has 24 heavy (non-hydrogen) atoms. The summed E-state index contributed by atoms with van der Waals surface area (Å²) in [7, 11) is 0. The van der Waals surface area contributed by atoms with Crippen molar-refractivity contribution in [2.45, 2.75) is 0 Å². The third kappa shape index (κ3) is 4.98. The standard InChI is InChI=1S/C14H6Cl4O6/c15-7-1-3-9(11(17)5-7)13(19)21-23-24-22-14(20)10-4-2-8(16)6-12(10)18/h1-6H.